The van der Waals surface area contributed by atoms with Crippen LogP contribution in [0.3, 0.4) is 0 Å². The molecule has 98 valence electrons. The Morgan fingerprint density at radius 2 is 2.16 bits per heavy atom. The summed E-state index contributed by atoms with van der Waals surface area (Å²) in [4.78, 5) is 11.7. The summed E-state index contributed by atoms with van der Waals surface area (Å²) < 4.78 is 0. The third kappa shape index (κ3) is 2.52. The van der Waals surface area contributed by atoms with Crippen LogP contribution in [0.1, 0.15) is 18.4 Å². The number of nitrogens with zero attached hydrogens (tertiary/aromatic N) is 1. The Labute approximate surface area is 111 Å². The van der Waals surface area contributed by atoms with Crippen molar-refractivity contribution in [1.82, 2.24) is 5.43 Å². The lowest BCUT2D eigenvalue weighted by atomic mass is 9.74. The van der Waals surface area contributed by atoms with E-state index in [4.69, 9.17) is 5.11 Å². The summed E-state index contributed by atoms with van der Waals surface area (Å²) in [7, 11) is 0. The van der Waals surface area contributed by atoms with Crippen molar-refractivity contribution in [3.63, 3.8) is 0 Å². The second kappa shape index (κ2) is 4.88. The number of rotatable bonds is 3. The molecule has 0 saturated heterocycles. The number of carbonyl (C=O) groups excluding carboxylic acids is 1. The monoisotopic (exact) mass is 256 g/mol. The van der Waals surface area contributed by atoms with E-state index >= 15 is 0 Å². The molecule has 0 spiro atoms. The van der Waals surface area contributed by atoms with Gasteiger partial charge in [0.15, 0.2) is 0 Å². The van der Waals surface area contributed by atoms with Crippen molar-refractivity contribution in [3.8, 4) is 5.75 Å². The van der Waals surface area contributed by atoms with Gasteiger partial charge in [-0.1, -0.05) is 24.3 Å². The van der Waals surface area contributed by atoms with Gasteiger partial charge in [-0.3, -0.25) is 4.79 Å². The Balaban J connectivity index is 1.52. The molecule has 4 heteroatoms. The van der Waals surface area contributed by atoms with Gasteiger partial charge in [0, 0.05) is 11.6 Å². The lowest BCUT2D eigenvalue weighted by molar-refractivity contribution is -0.120. The van der Waals surface area contributed by atoms with Gasteiger partial charge < -0.3 is 5.11 Å². The number of allylic oxidation sites excluding steroid dienone is 2. The number of hydrazone groups is 1. The highest BCUT2D eigenvalue weighted by atomic mass is 16.3. The summed E-state index contributed by atoms with van der Waals surface area (Å²) in [6.07, 6.45) is 6.74. The largest absolute Gasteiger partial charge is 0.508 e. The molecule has 0 aliphatic heterocycles. The summed E-state index contributed by atoms with van der Waals surface area (Å²) in [6.45, 7) is 0. The van der Waals surface area contributed by atoms with Gasteiger partial charge in [-0.25, -0.2) is 5.43 Å². The molecular weight excluding hydrogens is 240 g/mol. The van der Waals surface area contributed by atoms with Gasteiger partial charge in [-0.2, -0.15) is 5.10 Å². The van der Waals surface area contributed by atoms with Gasteiger partial charge >= 0.3 is 0 Å². The molecule has 0 aromatic heterocycles. The molecule has 19 heavy (non-hydrogen) atoms. The highest BCUT2D eigenvalue weighted by molar-refractivity contribution is 5.95. The standard InChI is InChI=1S/C15H16N2O2/c18-12-6-4-10(5-7-12)8-15(19)17-16-14-9-11-2-1-3-13(11)14/h1-2,4-7,11,13,18H,3,8-9H2,(H,17,19)/b16-14-/t11-,13+/m0/s1. The molecule has 2 aliphatic carbocycles. The van der Waals surface area contributed by atoms with Crippen molar-refractivity contribution >= 4 is 11.6 Å². The van der Waals surface area contributed by atoms with Crippen LogP contribution >= 0.6 is 0 Å². The first kappa shape index (κ1) is 12.0. The average molecular weight is 256 g/mol. The number of amides is 1. The first-order valence-electron chi connectivity index (χ1n) is 6.52. The van der Waals surface area contributed by atoms with Crippen LogP contribution in [0.15, 0.2) is 41.5 Å². The van der Waals surface area contributed by atoms with Crippen molar-refractivity contribution in [2.75, 3.05) is 0 Å². The number of phenolic OH excluding ortho intramolecular Hbond substituents is 1. The number of carbonyl (C=O) groups is 1. The Hall–Kier alpha value is -2.10. The number of hydrogen-bond donors (Lipinski definition) is 2. The fourth-order valence-electron chi connectivity index (χ4n) is 2.64. The third-order valence-corrected chi connectivity index (χ3v) is 3.79. The van der Waals surface area contributed by atoms with Gasteiger partial charge in [0.1, 0.15) is 5.75 Å². The van der Waals surface area contributed by atoms with Crippen LogP contribution in [0, 0.1) is 11.8 Å². The van der Waals surface area contributed by atoms with E-state index in [1.807, 2.05) is 0 Å². The van der Waals surface area contributed by atoms with Gasteiger partial charge in [-0.15, -0.1) is 0 Å². The van der Waals surface area contributed by atoms with Crippen LogP contribution in [-0.4, -0.2) is 16.7 Å². The topological polar surface area (TPSA) is 61.7 Å². The lowest BCUT2D eigenvalue weighted by Crippen LogP contribution is -2.35. The van der Waals surface area contributed by atoms with E-state index in [-0.39, 0.29) is 18.1 Å². The van der Waals surface area contributed by atoms with Crippen LogP contribution in [0.2, 0.25) is 0 Å². The van der Waals surface area contributed by atoms with Crippen LogP contribution in [-0.2, 0) is 11.2 Å². The minimum atomic E-state index is -0.118. The van der Waals surface area contributed by atoms with E-state index in [0.717, 1.165) is 24.1 Å². The van der Waals surface area contributed by atoms with E-state index in [1.54, 1.807) is 24.3 Å². The molecule has 1 aromatic rings. The Kier molecular flexibility index (Phi) is 3.07. The molecule has 0 bridgehead atoms. The predicted octanol–water partition coefficient (Wildman–Crippen LogP) is 2.00. The Morgan fingerprint density at radius 1 is 1.37 bits per heavy atom. The molecule has 1 amide bonds. The molecule has 0 radical (unpaired) electrons. The fraction of sp³-hybridized carbons (Fsp3) is 0.333. The van der Waals surface area contributed by atoms with Gasteiger partial charge in [0.2, 0.25) is 5.91 Å². The van der Waals surface area contributed by atoms with Gasteiger partial charge in [0.05, 0.1) is 6.42 Å². The first-order valence-corrected chi connectivity index (χ1v) is 6.52. The van der Waals surface area contributed by atoms with E-state index in [0.29, 0.717) is 11.8 Å². The zero-order valence-electron chi connectivity index (χ0n) is 10.5. The normalized spacial score (nSPS) is 26.0. The number of fused-ring (bicyclic) bond motifs is 1. The summed E-state index contributed by atoms with van der Waals surface area (Å²) >= 11 is 0. The SMILES string of the molecule is O=C(Cc1ccc(O)cc1)N/N=C1/C[C@@H]2C=CC[C@@H]12. The zero-order valence-corrected chi connectivity index (χ0v) is 10.5. The number of nitrogens with one attached hydrogen (secondary N) is 1. The van der Waals surface area contributed by atoms with Crippen molar-refractivity contribution in [2.45, 2.75) is 19.3 Å². The fourth-order valence-corrected chi connectivity index (χ4v) is 2.64. The minimum Gasteiger partial charge on any atom is -0.508 e. The molecule has 2 aliphatic rings. The molecular formula is C15H16N2O2. The molecule has 1 fully saturated rings. The van der Waals surface area contributed by atoms with E-state index in [9.17, 15) is 4.79 Å². The molecule has 3 rings (SSSR count). The first-order chi connectivity index (χ1) is 9.22. The third-order valence-electron chi connectivity index (χ3n) is 3.79. The van der Waals surface area contributed by atoms with Crippen molar-refractivity contribution in [2.24, 2.45) is 16.9 Å². The molecule has 2 N–H and O–H groups in total. The van der Waals surface area contributed by atoms with Crippen molar-refractivity contribution in [3.05, 3.63) is 42.0 Å². The summed E-state index contributed by atoms with van der Waals surface area (Å²) in [5.74, 6) is 1.26. The molecule has 2 atom stereocenters. The van der Waals surface area contributed by atoms with Crippen molar-refractivity contribution < 1.29 is 9.90 Å². The number of aromatic hydroxyl groups is 1. The highest BCUT2D eigenvalue weighted by Crippen LogP contribution is 2.39. The summed E-state index contributed by atoms with van der Waals surface area (Å²) in [5, 5.41) is 13.4. The van der Waals surface area contributed by atoms with Crippen LogP contribution in [0.4, 0.5) is 0 Å². The summed E-state index contributed by atoms with van der Waals surface area (Å²) in [5.41, 5.74) is 4.59. The Bertz CT molecular complexity index is 546. The van der Waals surface area contributed by atoms with E-state index in [2.05, 4.69) is 22.7 Å². The average Bonchev–Trinajstić information content (AvgIpc) is 2.74. The van der Waals surface area contributed by atoms with E-state index in [1.165, 1.54) is 0 Å². The zero-order chi connectivity index (χ0) is 13.2. The van der Waals surface area contributed by atoms with Crippen LogP contribution in [0.25, 0.3) is 0 Å². The molecule has 1 aromatic carbocycles. The second-order valence-electron chi connectivity index (χ2n) is 5.12. The van der Waals surface area contributed by atoms with Gasteiger partial charge in [-0.05, 0) is 36.5 Å². The molecule has 0 unspecified atom stereocenters. The predicted molar refractivity (Wildman–Crippen MR) is 72.7 cm³/mol. The second-order valence-corrected chi connectivity index (χ2v) is 5.12. The van der Waals surface area contributed by atoms with Crippen LogP contribution in [0.5, 0.6) is 5.75 Å². The molecule has 0 heterocycles. The quantitative estimate of drug-likeness (QED) is 0.642. The summed E-state index contributed by atoms with van der Waals surface area (Å²) in [6, 6.07) is 6.63. The maximum absolute atomic E-state index is 11.7. The molecule has 1 saturated carbocycles. The highest BCUT2D eigenvalue weighted by Gasteiger charge is 2.37. The van der Waals surface area contributed by atoms with Crippen molar-refractivity contribution in [1.29, 1.82) is 0 Å². The maximum atomic E-state index is 11.7. The van der Waals surface area contributed by atoms with Crippen LogP contribution < -0.4 is 5.43 Å². The smallest absolute Gasteiger partial charge is 0.244 e. The lowest BCUT2D eigenvalue weighted by Gasteiger charge is -2.31. The number of hydrogen-bond acceptors (Lipinski definition) is 3. The number of phenols is 1. The van der Waals surface area contributed by atoms with Gasteiger partial charge in [0.25, 0.3) is 0 Å². The Morgan fingerprint density at radius 3 is 2.89 bits per heavy atom. The van der Waals surface area contributed by atoms with E-state index < -0.39 is 0 Å². The molecule has 4 nitrogen and oxygen atoms in total. The maximum Gasteiger partial charge on any atom is 0.244 e. The number of benzene rings is 1. The minimum absolute atomic E-state index is 0.118.